The van der Waals surface area contributed by atoms with Gasteiger partial charge in [0.1, 0.15) is 35.8 Å². The molecule has 2 saturated carbocycles. The fourth-order valence-electron chi connectivity index (χ4n) is 12.0. The van der Waals surface area contributed by atoms with E-state index in [0.29, 0.717) is 67.7 Å². The Balaban J connectivity index is 0.819. The Kier molecular flexibility index (Phi) is 17.5. The standard InChI is InChI=1S/C58H71F5N10O8/c1-30-6-14-38(42(59)22-30)40-26-44(40)66-54(78)48-16-12-36-18-20-70(28-46(56(80)72(36)48)68-52(76)31(2)64-4)50(74)23-33-7-9-34(10-8-33)24-51(75)71-21-19-37-13-17-49(73(37)57(81)47(29-71)69-53(77)32(3)65-5)55(79)67-45-27-41(45)39-15-11-35(25-43(39)60)58(61,62)63/h6-11,14-15,22,25,31-32,36-37,40-41,44-49,64-65H,12-13,16-21,23-24,26-29H2,1-5H3,(H,66,78)(H,67,79)(H,68,76)(H,69,77)/t31-,32-,36+,37+,40+,41+,44-,45-,46-,47-,48-,49-/m0/s1. The van der Waals surface area contributed by atoms with Crippen LogP contribution in [-0.2, 0) is 57.4 Å². The second-order valence-electron chi connectivity index (χ2n) is 22.7. The summed E-state index contributed by atoms with van der Waals surface area (Å²) in [6, 6.07) is 7.07. The van der Waals surface area contributed by atoms with E-state index in [1.807, 2.05) is 6.07 Å². The Morgan fingerprint density at radius 1 is 0.580 bits per heavy atom. The van der Waals surface area contributed by atoms with E-state index >= 15 is 0 Å². The van der Waals surface area contributed by atoms with Crippen LogP contribution in [0.3, 0.4) is 0 Å². The van der Waals surface area contributed by atoms with Gasteiger partial charge in [-0.2, -0.15) is 13.2 Å². The number of alkyl halides is 3. The molecule has 18 nitrogen and oxygen atoms in total. The predicted molar refractivity (Wildman–Crippen MR) is 286 cm³/mol. The van der Waals surface area contributed by atoms with Gasteiger partial charge in [0.15, 0.2) is 0 Å². The predicted octanol–water partition coefficient (Wildman–Crippen LogP) is 3.09. The molecule has 6 fully saturated rings. The minimum Gasteiger partial charge on any atom is -0.351 e. The first-order chi connectivity index (χ1) is 38.5. The molecular weight excluding hydrogens is 1060 g/mol. The van der Waals surface area contributed by atoms with Crippen molar-refractivity contribution >= 4 is 47.3 Å². The van der Waals surface area contributed by atoms with E-state index in [9.17, 15) is 60.3 Å². The van der Waals surface area contributed by atoms with Crippen LogP contribution in [0.5, 0.6) is 0 Å². The maximum Gasteiger partial charge on any atom is 0.416 e. The fraction of sp³-hybridized carbons (Fsp3) is 0.552. The highest BCUT2D eigenvalue weighted by molar-refractivity contribution is 5.96. The maximum absolute atomic E-state index is 14.8. The number of aryl methyl sites for hydroxylation is 1. The van der Waals surface area contributed by atoms with Crippen LogP contribution in [0.2, 0.25) is 0 Å². The summed E-state index contributed by atoms with van der Waals surface area (Å²) in [4.78, 5) is 118. The molecule has 8 amide bonds. The molecule has 0 bridgehead atoms. The molecule has 81 heavy (non-hydrogen) atoms. The molecule has 0 unspecified atom stereocenters. The molecule has 3 aromatic carbocycles. The second-order valence-corrected chi connectivity index (χ2v) is 22.7. The molecule has 23 heteroatoms. The van der Waals surface area contributed by atoms with Crippen molar-refractivity contribution in [3.05, 3.63) is 106 Å². The highest BCUT2D eigenvalue weighted by Gasteiger charge is 2.51. The summed E-state index contributed by atoms with van der Waals surface area (Å²) in [5.41, 5.74) is 1.50. The molecule has 9 rings (SSSR count). The zero-order valence-corrected chi connectivity index (χ0v) is 46.0. The lowest BCUT2D eigenvalue weighted by molar-refractivity contribution is -0.147. The quantitative estimate of drug-likeness (QED) is 0.115. The minimum absolute atomic E-state index is 0.0532. The third-order valence-corrected chi connectivity index (χ3v) is 17.2. The number of fused-ring (bicyclic) bond motifs is 2. The van der Waals surface area contributed by atoms with E-state index in [4.69, 9.17) is 0 Å². The molecule has 4 heterocycles. The van der Waals surface area contributed by atoms with Crippen LogP contribution >= 0.6 is 0 Å². The van der Waals surface area contributed by atoms with Crippen LogP contribution in [0, 0.1) is 18.6 Å². The molecule has 436 valence electrons. The van der Waals surface area contributed by atoms with E-state index in [1.165, 1.54) is 15.9 Å². The summed E-state index contributed by atoms with van der Waals surface area (Å²) in [6.45, 7) is 5.15. The molecule has 12 atom stereocenters. The number of hydrogen-bond acceptors (Lipinski definition) is 10. The molecule has 6 N–H and O–H groups in total. The molecule has 2 aliphatic carbocycles. The summed E-state index contributed by atoms with van der Waals surface area (Å²) in [5, 5.41) is 17.2. The highest BCUT2D eigenvalue weighted by atomic mass is 19.4. The summed E-state index contributed by atoms with van der Waals surface area (Å²) in [7, 11) is 3.18. The first kappa shape index (κ1) is 58.6. The summed E-state index contributed by atoms with van der Waals surface area (Å²) in [6.07, 6.45) is -1.69. The Morgan fingerprint density at radius 3 is 1.40 bits per heavy atom. The van der Waals surface area contributed by atoms with Crippen molar-refractivity contribution < 1.29 is 60.3 Å². The summed E-state index contributed by atoms with van der Waals surface area (Å²) >= 11 is 0. The zero-order chi connectivity index (χ0) is 58.2. The third kappa shape index (κ3) is 13.2. The molecule has 4 saturated heterocycles. The molecule has 0 radical (unpaired) electrons. The van der Waals surface area contributed by atoms with Crippen molar-refractivity contribution in [1.29, 1.82) is 0 Å². The Morgan fingerprint density at radius 2 is 1.00 bits per heavy atom. The Bertz CT molecular complexity index is 2930. The van der Waals surface area contributed by atoms with Crippen molar-refractivity contribution in [3.63, 3.8) is 0 Å². The van der Waals surface area contributed by atoms with Crippen molar-refractivity contribution in [2.24, 2.45) is 0 Å². The average Bonchev–Trinajstić information content (AvgIpc) is 4.46. The number of amides is 8. The van der Waals surface area contributed by atoms with Crippen molar-refractivity contribution in [2.45, 2.75) is 163 Å². The number of likely N-dealkylation sites (N-methyl/N-ethyl adjacent to an activating group) is 2. The van der Waals surface area contributed by atoms with Crippen LogP contribution in [-0.4, -0.2) is 168 Å². The van der Waals surface area contributed by atoms with Crippen LogP contribution < -0.4 is 31.9 Å². The third-order valence-electron chi connectivity index (χ3n) is 17.2. The fourth-order valence-corrected chi connectivity index (χ4v) is 12.0. The number of rotatable bonds is 16. The van der Waals surface area contributed by atoms with Crippen LogP contribution in [0.1, 0.15) is 110 Å². The van der Waals surface area contributed by atoms with Gasteiger partial charge >= 0.3 is 6.18 Å². The SMILES string of the molecule is CN[C@@H](C)C(=O)N[C@H]1CN(C(=O)Cc2ccc(CC(=O)N3CC[C@H]4CC[C@@H](C(=O)N[C@H]5C[C@@H]5c5ccc(C(F)(F)F)cc5F)N4C(=O)[C@@H](NC(=O)[C@H](C)NC)C3)cc2)CC[C@H]2CC[C@@H](C(=O)N[C@H]3C[C@@H]3c3ccc(C)cc3F)N2C1=O. The zero-order valence-electron chi connectivity index (χ0n) is 46.0. The van der Waals surface area contributed by atoms with E-state index in [0.717, 1.165) is 17.7 Å². The number of nitrogens with zero attached hydrogens (tertiary/aromatic N) is 4. The molecule has 0 aromatic heterocycles. The number of halogens is 5. The van der Waals surface area contributed by atoms with Gasteiger partial charge in [0, 0.05) is 62.2 Å². The number of carbonyl (C=O) groups is 8. The number of hydrogen-bond donors (Lipinski definition) is 6. The molecule has 3 aromatic rings. The van der Waals surface area contributed by atoms with Crippen LogP contribution in [0.25, 0.3) is 0 Å². The van der Waals surface area contributed by atoms with Gasteiger partial charge in [0.05, 0.1) is 30.5 Å². The lowest BCUT2D eigenvalue weighted by Gasteiger charge is -2.39. The largest absolute Gasteiger partial charge is 0.416 e. The van der Waals surface area contributed by atoms with E-state index < -0.39 is 101 Å². The van der Waals surface area contributed by atoms with Gasteiger partial charge in [-0.05, 0) is 132 Å². The van der Waals surface area contributed by atoms with Gasteiger partial charge in [-0.25, -0.2) is 8.78 Å². The lowest BCUT2D eigenvalue weighted by Crippen LogP contribution is -2.62. The van der Waals surface area contributed by atoms with Crippen LogP contribution in [0.15, 0.2) is 60.7 Å². The topological polar surface area (TPSA) is 222 Å². The first-order valence-electron chi connectivity index (χ1n) is 28.0. The first-order valence-corrected chi connectivity index (χ1v) is 28.0. The molecule has 0 spiro atoms. The number of benzene rings is 3. The van der Waals surface area contributed by atoms with Gasteiger partial charge in [0.2, 0.25) is 47.3 Å². The minimum atomic E-state index is -4.72. The maximum atomic E-state index is 14.8. The second kappa shape index (κ2) is 24.2. The summed E-state index contributed by atoms with van der Waals surface area (Å²) in [5.74, 6) is -5.52. The molecule has 4 aliphatic heterocycles. The average molecular weight is 1130 g/mol. The monoisotopic (exact) mass is 1130 g/mol. The van der Waals surface area contributed by atoms with E-state index in [2.05, 4.69) is 31.9 Å². The van der Waals surface area contributed by atoms with E-state index in [1.54, 1.807) is 75.0 Å². The van der Waals surface area contributed by atoms with Gasteiger partial charge in [0.25, 0.3) is 0 Å². The summed E-state index contributed by atoms with van der Waals surface area (Å²) < 4.78 is 69.2. The molecular formula is C58H71F5N10O8. The highest BCUT2D eigenvalue weighted by Crippen LogP contribution is 2.45. The van der Waals surface area contributed by atoms with Crippen LogP contribution in [0.4, 0.5) is 22.0 Å². The van der Waals surface area contributed by atoms with Crippen molar-refractivity contribution in [3.8, 4) is 0 Å². The normalized spacial score (nSPS) is 27.1. The number of carbonyl (C=O) groups excluding carboxylic acids is 8. The smallest absolute Gasteiger partial charge is 0.351 e. The van der Waals surface area contributed by atoms with Crippen molar-refractivity contribution in [2.75, 3.05) is 40.3 Å². The van der Waals surface area contributed by atoms with E-state index in [-0.39, 0.29) is 92.5 Å². The Hall–Kier alpha value is -7.01. The van der Waals surface area contributed by atoms with Gasteiger partial charge in [-0.15, -0.1) is 0 Å². The molecule has 6 aliphatic rings. The Labute approximate surface area is 467 Å². The number of nitrogens with one attached hydrogen (secondary N) is 6. The van der Waals surface area contributed by atoms with Gasteiger partial charge < -0.3 is 51.5 Å². The lowest BCUT2D eigenvalue weighted by atomic mass is 10.0. The van der Waals surface area contributed by atoms with Gasteiger partial charge in [-0.1, -0.05) is 42.5 Å². The van der Waals surface area contributed by atoms with Gasteiger partial charge in [-0.3, -0.25) is 38.4 Å². The van der Waals surface area contributed by atoms with Crippen molar-refractivity contribution in [1.82, 2.24) is 51.5 Å².